The van der Waals surface area contributed by atoms with Gasteiger partial charge in [0.05, 0.1) is 24.1 Å². The van der Waals surface area contributed by atoms with Crippen molar-refractivity contribution in [2.75, 3.05) is 31.5 Å². The summed E-state index contributed by atoms with van der Waals surface area (Å²) >= 11 is 0. The average Bonchev–Trinajstić information content (AvgIpc) is 3.12. The Bertz CT molecular complexity index is 1190. The van der Waals surface area contributed by atoms with Crippen molar-refractivity contribution in [3.8, 4) is 0 Å². The van der Waals surface area contributed by atoms with E-state index in [0.29, 0.717) is 18.1 Å². The smallest absolute Gasteiger partial charge is 0.317 e. The van der Waals surface area contributed by atoms with Crippen molar-refractivity contribution in [1.29, 1.82) is 0 Å². The number of hydrogen-bond acceptors (Lipinski definition) is 7. The van der Waals surface area contributed by atoms with Gasteiger partial charge in [0.25, 0.3) is 5.56 Å². The van der Waals surface area contributed by atoms with E-state index in [-0.39, 0.29) is 43.6 Å². The number of nitrogens with one attached hydrogen (secondary N) is 1. The molecule has 1 aromatic carbocycles. The summed E-state index contributed by atoms with van der Waals surface area (Å²) in [6, 6.07) is 9.64. The number of carboxylic acid groups (broad SMARTS) is 1. The van der Waals surface area contributed by atoms with Crippen molar-refractivity contribution in [3.63, 3.8) is 0 Å². The highest BCUT2D eigenvalue weighted by atomic mass is 16.4. The number of hydrogen-bond donors (Lipinski definition) is 3. The molecule has 0 spiro atoms. The van der Waals surface area contributed by atoms with E-state index in [1.807, 2.05) is 28.8 Å². The molecule has 2 aliphatic heterocycles. The zero-order valence-corrected chi connectivity index (χ0v) is 22.8. The van der Waals surface area contributed by atoms with Crippen LogP contribution in [0.2, 0.25) is 0 Å². The van der Waals surface area contributed by atoms with E-state index in [1.54, 1.807) is 0 Å². The van der Waals surface area contributed by atoms with Gasteiger partial charge in [0.2, 0.25) is 5.91 Å². The number of carboxylic acids is 1. The predicted octanol–water partition coefficient (Wildman–Crippen LogP) is 2.96. The second-order valence-electron chi connectivity index (χ2n) is 11.6. The van der Waals surface area contributed by atoms with Gasteiger partial charge in [-0.25, -0.2) is 4.98 Å². The number of para-hydroxylation sites is 2. The summed E-state index contributed by atoms with van der Waals surface area (Å²) in [4.78, 5) is 45.3. The van der Waals surface area contributed by atoms with E-state index in [1.165, 1.54) is 62.7 Å². The Labute approximate surface area is 229 Å². The lowest BCUT2D eigenvalue weighted by molar-refractivity contribution is -0.138. The summed E-state index contributed by atoms with van der Waals surface area (Å²) in [6.07, 6.45) is 13.7. The number of benzene rings is 1. The second kappa shape index (κ2) is 12.5. The summed E-state index contributed by atoms with van der Waals surface area (Å²) in [5.74, 6) is -1.37. The lowest BCUT2D eigenvalue weighted by Crippen LogP contribution is -2.50. The fourth-order valence-electron chi connectivity index (χ4n) is 7.31. The number of fused-ring (bicyclic) bond motifs is 3. The molecule has 10 nitrogen and oxygen atoms in total. The first-order chi connectivity index (χ1) is 18.9. The van der Waals surface area contributed by atoms with Crippen LogP contribution in [0.15, 0.2) is 29.1 Å². The summed E-state index contributed by atoms with van der Waals surface area (Å²) in [5.41, 5.74) is 6.75. The zero-order chi connectivity index (χ0) is 27.4. The van der Waals surface area contributed by atoms with Crippen molar-refractivity contribution >= 4 is 28.7 Å². The molecule has 3 fully saturated rings. The molecular weight excluding hydrogens is 496 g/mol. The number of aliphatic carboxylic acids is 1. The van der Waals surface area contributed by atoms with Crippen LogP contribution in [0.1, 0.15) is 76.7 Å². The maximum Gasteiger partial charge on any atom is 0.317 e. The molecule has 1 aromatic heterocycles. The number of rotatable bonds is 10. The Morgan fingerprint density at radius 2 is 1.62 bits per heavy atom. The monoisotopic (exact) mass is 538 g/mol. The highest BCUT2D eigenvalue weighted by molar-refractivity contribution is 5.77. The standard InChI is InChI=1S/C29H42N6O4/c30-26(36)18-33(19-27(37)38)15-14-31-28-29(39)35(25-11-7-6-10-24(25)32-28)23-16-21-12-13-22(17-23)34(21)20-8-4-2-1-3-5-9-20/h6-7,10-11,20-23H,1-5,8-9,12-19H2,(H2,30,36)(H,31,32)(H,37,38)/t21-,22+,23+. The molecule has 3 heterocycles. The van der Waals surface area contributed by atoms with E-state index < -0.39 is 11.9 Å². The quantitative estimate of drug-likeness (QED) is 0.420. The molecule has 39 heavy (non-hydrogen) atoms. The van der Waals surface area contributed by atoms with Gasteiger partial charge in [-0.05, 0) is 50.7 Å². The molecule has 2 aromatic rings. The summed E-state index contributed by atoms with van der Waals surface area (Å²) in [5, 5.41) is 12.3. The summed E-state index contributed by atoms with van der Waals surface area (Å²) in [6.45, 7) is 0.0493. The topological polar surface area (TPSA) is 134 Å². The van der Waals surface area contributed by atoms with Crippen LogP contribution < -0.4 is 16.6 Å². The highest BCUT2D eigenvalue weighted by Gasteiger charge is 2.44. The molecule has 1 amide bonds. The summed E-state index contributed by atoms with van der Waals surface area (Å²) in [7, 11) is 0. The first-order valence-corrected chi connectivity index (χ1v) is 14.7. The largest absolute Gasteiger partial charge is 0.480 e. The Morgan fingerprint density at radius 1 is 0.949 bits per heavy atom. The average molecular weight is 539 g/mol. The van der Waals surface area contributed by atoms with Gasteiger partial charge in [0.15, 0.2) is 5.82 Å². The second-order valence-corrected chi connectivity index (χ2v) is 11.6. The van der Waals surface area contributed by atoms with E-state index in [9.17, 15) is 14.4 Å². The van der Waals surface area contributed by atoms with Crippen LogP contribution in [0, 0.1) is 0 Å². The van der Waals surface area contributed by atoms with E-state index in [2.05, 4.69) is 15.2 Å². The Balaban J connectivity index is 1.35. The first-order valence-electron chi connectivity index (χ1n) is 14.7. The molecule has 10 heteroatoms. The van der Waals surface area contributed by atoms with Crippen LogP contribution >= 0.6 is 0 Å². The Morgan fingerprint density at radius 3 is 2.28 bits per heavy atom. The van der Waals surface area contributed by atoms with Gasteiger partial charge < -0.3 is 20.7 Å². The third kappa shape index (κ3) is 6.44. The molecule has 0 unspecified atom stereocenters. The fraction of sp³-hybridized carbons (Fsp3) is 0.655. The number of carbonyl (C=O) groups is 2. The van der Waals surface area contributed by atoms with Crippen LogP contribution in [-0.2, 0) is 9.59 Å². The van der Waals surface area contributed by atoms with Crippen molar-refractivity contribution in [3.05, 3.63) is 34.6 Å². The lowest BCUT2D eigenvalue weighted by Gasteiger charge is -2.45. The molecule has 4 N–H and O–H groups in total. The number of nitrogens with two attached hydrogens (primary N) is 1. The van der Waals surface area contributed by atoms with Crippen LogP contribution in [0.5, 0.6) is 0 Å². The van der Waals surface area contributed by atoms with E-state index >= 15 is 0 Å². The first kappa shape index (κ1) is 27.6. The van der Waals surface area contributed by atoms with Crippen LogP contribution in [0.4, 0.5) is 5.82 Å². The third-order valence-corrected chi connectivity index (χ3v) is 8.88. The van der Waals surface area contributed by atoms with Gasteiger partial charge in [-0.1, -0.05) is 44.2 Å². The molecular formula is C29H42N6O4. The van der Waals surface area contributed by atoms with Crippen LogP contribution in [0.3, 0.4) is 0 Å². The van der Waals surface area contributed by atoms with Crippen molar-refractivity contribution < 1.29 is 14.7 Å². The van der Waals surface area contributed by atoms with Crippen molar-refractivity contribution in [2.24, 2.45) is 5.73 Å². The number of piperidine rings is 1. The lowest BCUT2D eigenvalue weighted by atomic mass is 9.89. The fourth-order valence-corrected chi connectivity index (χ4v) is 7.31. The van der Waals surface area contributed by atoms with Crippen LogP contribution in [-0.4, -0.2) is 80.6 Å². The van der Waals surface area contributed by atoms with Crippen molar-refractivity contribution in [1.82, 2.24) is 19.4 Å². The number of nitrogens with zero attached hydrogens (tertiary/aromatic N) is 4. The Hall–Kier alpha value is -2.98. The maximum atomic E-state index is 13.9. The molecule has 212 valence electrons. The summed E-state index contributed by atoms with van der Waals surface area (Å²) < 4.78 is 1.96. The zero-order valence-electron chi connectivity index (χ0n) is 22.8. The minimum absolute atomic E-state index is 0.117. The number of carbonyl (C=O) groups excluding carboxylic acids is 1. The maximum absolute atomic E-state index is 13.9. The molecule has 2 bridgehead atoms. The number of aromatic nitrogens is 2. The molecule has 5 rings (SSSR count). The van der Waals surface area contributed by atoms with Gasteiger partial charge in [-0.3, -0.25) is 24.2 Å². The normalized spacial score (nSPS) is 24.5. The molecule has 1 aliphatic carbocycles. The van der Waals surface area contributed by atoms with Crippen LogP contribution in [0.25, 0.3) is 11.0 Å². The highest BCUT2D eigenvalue weighted by Crippen LogP contribution is 2.44. The van der Waals surface area contributed by atoms with Gasteiger partial charge in [0.1, 0.15) is 0 Å². The van der Waals surface area contributed by atoms with Crippen molar-refractivity contribution in [2.45, 2.75) is 94.8 Å². The Kier molecular flexibility index (Phi) is 8.82. The van der Waals surface area contributed by atoms with Gasteiger partial charge >= 0.3 is 5.97 Å². The van der Waals surface area contributed by atoms with Gasteiger partial charge in [0, 0.05) is 37.3 Å². The molecule has 3 atom stereocenters. The van der Waals surface area contributed by atoms with E-state index in [0.717, 1.165) is 23.9 Å². The number of amides is 1. The molecule has 3 aliphatic rings. The minimum Gasteiger partial charge on any atom is -0.480 e. The third-order valence-electron chi connectivity index (χ3n) is 8.88. The van der Waals surface area contributed by atoms with Gasteiger partial charge in [-0.2, -0.15) is 0 Å². The predicted molar refractivity (Wildman–Crippen MR) is 151 cm³/mol. The van der Waals surface area contributed by atoms with Gasteiger partial charge in [-0.15, -0.1) is 0 Å². The molecule has 2 saturated heterocycles. The van der Waals surface area contributed by atoms with E-state index in [4.69, 9.17) is 10.8 Å². The number of primary amides is 1. The molecule has 0 radical (unpaired) electrons. The minimum atomic E-state index is -1.04. The molecule has 1 saturated carbocycles. The number of anilines is 1. The SMILES string of the molecule is NC(=O)CN(CCNc1nc2ccccc2n([C@H]2C[C@H]3CC[C@@H](C2)N3C2CCCCCCC2)c1=O)CC(=O)O.